The summed E-state index contributed by atoms with van der Waals surface area (Å²) in [6.07, 6.45) is 1.06. The standard InChI is InChI=1S/C26H25OP/c1-6-15-7-9-17-19-11-12-20-18-10-8-16(28-27)14-22(18)26(4,5)24(20)23(19)25(2,3)21(17)13-15/h7-14H,6H2,1-5H3. The first-order valence-corrected chi connectivity index (χ1v) is 10.9. The van der Waals surface area contributed by atoms with Crippen molar-refractivity contribution < 1.29 is 4.57 Å². The van der Waals surface area contributed by atoms with Crippen LogP contribution in [0.3, 0.4) is 0 Å². The minimum absolute atomic E-state index is 0.0277. The third-order valence-corrected chi connectivity index (χ3v) is 7.47. The van der Waals surface area contributed by atoms with Crippen LogP contribution in [-0.4, -0.2) is 0 Å². The van der Waals surface area contributed by atoms with E-state index < -0.39 is 0 Å². The summed E-state index contributed by atoms with van der Waals surface area (Å²) in [5.74, 6) is 0. The van der Waals surface area contributed by atoms with E-state index in [1.165, 1.54) is 50.1 Å². The smallest absolute Gasteiger partial charge is 0.192 e. The molecule has 0 saturated carbocycles. The average Bonchev–Trinajstić information content (AvgIpc) is 3.06. The van der Waals surface area contributed by atoms with Crippen LogP contribution in [0.4, 0.5) is 0 Å². The molecule has 3 aromatic rings. The maximum absolute atomic E-state index is 11.5. The zero-order chi connectivity index (χ0) is 19.8. The molecular weight excluding hydrogens is 359 g/mol. The highest BCUT2D eigenvalue weighted by atomic mass is 31.1. The van der Waals surface area contributed by atoms with Crippen molar-refractivity contribution in [2.75, 3.05) is 0 Å². The largest absolute Gasteiger partial charge is 0.269 e. The van der Waals surface area contributed by atoms with E-state index in [9.17, 15) is 4.57 Å². The molecule has 0 unspecified atom stereocenters. The molecule has 1 nitrogen and oxygen atoms in total. The molecule has 0 N–H and O–H groups in total. The van der Waals surface area contributed by atoms with Crippen LogP contribution in [-0.2, 0) is 21.8 Å². The zero-order valence-corrected chi connectivity index (χ0v) is 18.1. The molecule has 28 heavy (non-hydrogen) atoms. The monoisotopic (exact) mass is 384 g/mol. The van der Waals surface area contributed by atoms with E-state index in [1.807, 2.05) is 6.07 Å². The molecule has 0 aromatic heterocycles. The molecule has 2 aliphatic rings. The van der Waals surface area contributed by atoms with E-state index in [0.717, 1.165) is 11.7 Å². The Morgan fingerprint density at radius 3 is 1.75 bits per heavy atom. The van der Waals surface area contributed by atoms with Gasteiger partial charge < -0.3 is 0 Å². The van der Waals surface area contributed by atoms with E-state index in [1.54, 1.807) is 0 Å². The van der Waals surface area contributed by atoms with Crippen molar-refractivity contribution in [2.24, 2.45) is 0 Å². The van der Waals surface area contributed by atoms with E-state index in [0.29, 0.717) is 0 Å². The van der Waals surface area contributed by atoms with Gasteiger partial charge in [0, 0.05) is 16.1 Å². The summed E-state index contributed by atoms with van der Waals surface area (Å²) in [6.45, 7) is 11.6. The minimum atomic E-state index is -0.108. The van der Waals surface area contributed by atoms with Crippen molar-refractivity contribution >= 4 is 13.8 Å². The van der Waals surface area contributed by atoms with Gasteiger partial charge in [-0.2, -0.15) is 0 Å². The first-order valence-electron chi connectivity index (χ1n) is 10.1. The van der Waals surface area contributed by atoms with Gasteiger partial charge >= 0.3 is 0 Å². The van der Waals surface area contributed by atoms with Gasteiger partial charge in [-0.25, -0.2) is 0 Å². The molecule has 2 aliphatic carbocycles. The van der Waals surface area contributed by atoms with E-state index in [-0.39, 0.29) is 19.3 Å². The number of hydrogen-bond donors (Lipinski definition) is 0. The van der Waals surface area contributed by atoms with E-state index in [4.69, 9.17) is 0 Å². The predicted octanol–water partition coefficient (Wildman–Crippen LogP) is 6.78. The molecule has 140 valence electrons. The number of aryl methyl sites for hydroxylation is 1. The Morgan fingerprint density at radius 2 is 1.21 bits per heavy atom. The SMILES string of the molecule is CCc1ccc2c(c1)C(C)(C)c1c-2ccc2c1C(C)(C)c1cc(P=O)ccc1-2. The quantitative estimate of drug-likeness (QED) is 0.445. The van der Waals surface area contributed by atoms with Gasteiger partial charge in [-0.05, 0) is 68.6 Å². The number of hydrogen-bond acceptors (Lipinski definition) is 1. The highest BCUT2D eigenvalue weighted by Crippen LogP contribution is 2.58. The lowest BCUT2D eigenvalue weighted by atomic mass is 9.72. The Bertz CT molecular complexity index is 1170. The Labute approximate surface area is 169 Å². The number of fused-ring (bicyclic) bond motifs is 7. The summed E-state index contributed by atoms with van der Waals surface area (Å²) in [5, 5.41) is 0.853. The molecular formula is C26H25OP. The highest BCUT2D eigenvalue weighted by molar-refractivity contribution is 7.34. The van der Waals surface area contributed by atoms with Crippen LogP contribution in [0.1, 0.15) is 62.4 Å². The molecule has 0 aliphatic heterocycles. The molecule has 0 atom stereocenters. The van der Waals surface area contributed by atoms with Crippen LogP contribution >= 0.6 is 8.46 Å². The van der Waals surface area contributed by atoms with Crippen molar-refractivity contribution in [1.82, 2.24) is 0 Å². The Balaban J connectivity index is 1.83. The van der Waals surface area contributed by atoms with Crippen molar-refractivity contribution in [3.8, 4) is 22.3 Å². The number of rotatable bonds is 2. The van der Waals surface area contributed by atoms with Crippen LogP contribution in [0.15, 0.2) is 48.5 Å². The summed E-state index contributed by atoms with van der Waals surface area (Å²) >= 11 is 0. The minimum Gasteiger partial charge on any atom is -0.269 e. The van der Waals surface area contributed by atoms with Gasteiger partial charge in [0.15, 0.2) is 8.46 Å². The Hall–Kier alpha value is -2.24. The van der Waals surface area contributed by atoms with Gasteiger partial charge in [0.2, 0.25) is 0 Å². The summed E-state index contributed by atoms with van der Waals surface area (Å²) in [7, 11) is 0.0890. The van der Waals surface area contributed by atoms with Crippen LogP contribution in [0.5, 0.6) is 0 Å². The van der Waals surface area contributed by atoms with Crippen LogP contribution in [0.2, 0.25) is 0 Å². The maximum Gasteiger partial charge on any atom is 0.192 e. The average molecular weight is 384 g/mol. The molecule has 2 heteroatoms. The van der Waals surface area contributed by atoms with Crippen LogP contribution in [0, 0.1) is 0 Å². The molecule has 0 spiro atoms. The Kier molecular flexibility index (Phi) is 3.60. The fraction of sp³-hybridized carbons (Fsp3) is 0.308. The van der Waals surface area contributed by atoms with Crippen molar-refractivity contribution in [3.05, 3.63) is 76.3 Å². The summed E-state index contributed by atoms with van der Waals surface area (Å²) in [5.41, 5.74) is 12.3. The molecule has 0 radical (unpaired) electrons. The van der Waals surface area contributed by atoms with Gasteiger partial charge in [0.1, 0.15) is 0 Å². The van der Waals surface area contributed by atoms with Crippen LogP contribution in [0.25, 0.3) is 22.3 Å². The summed E-state index contributed by atoms with van der Waals surface area (Å²) in [4.78, 5) is 0. The van der Waals surface area contributed by atoms with Crippen molar-refractivity contribution in [1.29, 1.82) is 0 Å². The zero-order valence-electron chi connectivity index (χ0n) is 17.2. The fourth-order valence-corrected chi connectivity index (χ4v) is 5.84. The second-order valence-electron chi connectivity index (χ2n) is 9.22. The number of benzene rings is 3. The van der Waals surface area contributed by atoms with Crippen molar-refractivity contribution in [2.45, 2.75) is 51.9 Å². The summed E-state index contributed by atoms with van der Waals surface area (Å²) < 4.78 is 11.5. The normalized spacial score (nSPS) is 17.2. The summed E-state index contributed by atoms with van der Waals surface area (Å²) in [6, 6.07) is 17.9. The maximum atomic E-state index is 11.5. The predicted molar refractivity (Wildman–Crippen MR) is 118 cm³/mol. The van der Waals surface area contributed by atoms with Gasteiger partial charge in [-0.3, -0.25) is 4.57 Å². The molecule has 5 rings (SSSR count). The van der Waals surface area contributed by atoms with Gasteiger partial charge in [-0.1, -0.05) is 71.0 Å². The van der Waals surface area contributed by atoms with E-state index in [2.05, 4.69) is 77.1 Å². The topological polar surface area (TPSA) is 17.1 Å². The fourth-order valence-electron chi connectivity index (χ4n) is 5.52. The molecule has 3 aromatic carbocycles. The van der Waals surface area contributed by atoms with Gasteiger partial charge in [-0.15, -0.1) is 0 Å². The van der Waals surface area contributed by atoms with Crippen LogP contribution < -0.4 is 5.30 Å². The first kappa shape index (κ1) is 17.8. The lowest BCUT2D eigenvalue weighted by Gasteiger charge is -2.30. The second kappa shape index (κ2) is 5.65. The first-order chi connectivity index (χ1) is 13.3. The lowest BCUT2D eigenvalue weighted by Crippen LogP contribution is -2.24. The highest BCUT2D eigenvalue weighted by Gasteiger charge is 2.45. The van der Waals surface area contributed by atoms with Gasteiger partial charge in [0.05, 0.1) is 0 Å². The molecule has 0 fully saturated rings. The Morgan fingerprint density at radius 1 is 0.714 bits per heavy atom. The van der Waals surface area contributed by atoms with E-state index >= 15 is 0 Å². The lowest BCUT2D eigenvalue weighted by molar-refractivity contribution is 0.600. The van der Waals surface area contributed by atoms with Crippen molar-refractivity contribution in [3.63, 3.8) is 0 Å². The van der Waals surface area contributed by atoms with Gasteiger partial charge in [0.25, 0.3) is 0 Å². The molecule has 0 amide bonds. The second-order valence-corrected chi connectivity index (χ2v) is 9.91. The molecule has 0 bridgehead atoms. The molecule has 0 heterocycles. The third kappa shape index (κ3) is 2.09. The molecule has 0 saturated heterocycles. The third-order valence-electron chi connectivity index (χ3n) is 6.98.